The topological polar surface area (TPSA) is 119 Å². The first-order valence-electron chi connectivity index (χ1n) is 15.0. The number of carbonyl (C=O) groups excluding carboxylic acids is 3. The molecule has 0 unspecified atom stereocenters. The van der Waals surface area contributed by atoms with Crippen LogP contribution in [0, 0.1) is 5.82 Å². The lowest BCUT2D eigenvalue weighted by atomic mass is 9.80. The molecular weight excluding hydrogens is 701 g/mol. The van der Waals surface area contributed by atoms with Crippen LogP contribution < -0.4 is 20.7 Å². The Kier molecular flexibility index (Phi) is 13.1. The summed E-state index contributed by atoms with van der Waals surface area (Å²) in [5.41, 5.74) is -2.86. The third kappa shape index (κ3) is 11.5. The Morgan fingerprint density at radius 3 is 2.22 bits per heavy atom. The van der Waals surface area contributed by atoms with E-state index in [1.54, 1.807) is 51.1 Å². The number of hydrogen-bond acceptors (Lipinski definition) is 6. The van der Waals surface area contributed by atoms with Gasteiger partial charge in [-0.05, 0) is 62.6 Å². The molecule has 0 saturated carbocycles. The van der Waals surface area contributed by atoms with E-state index in [1.165, 1.54) is 12.1 Å². The molecule has 3 aromatic rings. The maximum Gasteiger partial charge on any atom is 0.461 e. The number of halogens is 8. The van der Waals surface area contributed by atoms with Crippen molar-refractivity contribution in [1.29, 1.82) is 0 Å². The molecular formula is C33H34ClF7N4O5. The Balaban J connectivity index is 1.92. The average molecular weight is 735 g/mol. The van der Waals surface area contributed by atoms with E-state index in [9.17, 15) is 45.1 Å². The standard InChI is InChI=1S/C33H34ClF7N4O5/c1-30(2,3)50-26(46)10-7-13-42-28(47)32(38,39)19-44-29(48)45-31(17-20-8-5-4-6-9-20,25-12-11-22(34)18-43-25)21-14-23(35)16-24(15-21)49-33(40,41)27(36)37/h4-6,8-9,11-12,14-16,18,27H,7,10,13,17,19H2,1-3H3,(H,42,47)(H2,44,45,48)/t31-/m0/s1. The summed E-state index contributed by atoms with van der Waals surface area (Å²) in [6, 6.07) is 11.2. The zero-order valence-electron chi connectivity index (χ0n) is 27.0. The maximum absolute atomic E-state index is 15.0. The molecule has 0 bridgehead atoms. The fourth-order valence-corrected chi connectivity index (χ4v) is 4.70. The predicted molar refractivity (Wildman–Crippen MR) is 168 cm³/mol. The Labute approximate surface area is 287 Å². The van der Waals surface area contributed by atoms with Gasteiger partial charge >= 0.3 is 30.5 Å². The number of esters is 1. The van der Waals surface area contributed by atoms with E-state index in [-0.39, 0.29) is 42.1 Å². The number of amides is 3. The van der Waals surface area contributed by atoms with Crippen molar-refractivity contribution in [1.82, 2.24) is 20.9 Å². The first-order valence-corrected chi connectivity index (χ1v) is 15.4. The number of rotatable bonds is 15. The summed E-state index contributed by atoms with van der Waals surface area (Å²) in [7, 11) is 0. The van der Waals surface area contributed by atoms with Crippen molar-refractivity contribution in [3.8, 4) is 5.75 Å². The molecule has 0 fully saturated rings. The van der Waals surface area contributed by atoms with Crippen LogP contribution in [0.1, 0.15) is 50.4 Å². The largest absolute Gasteiger partial charge is 0.461 e. The van der Waals surface area contributed by atoms with Crippen LogP contribution in [0.3, 0.4) is 0 Å². The molecule has 0 radical (unpaired) electrons. The van der Waals surface area contributed by atoms with E-state index in [1.807, 2.05) is 10.6 Å². The smallest absolute Gasteiger partial charge is 0.460 e. The van der Waals surface area contributed by atoms with Crippen LogP contribution in [0.4, 0.5) is 35.5 Å². The van der Waals surface area contributed by atoms with Crippen molar-refractivity contribution in [3.05, 3.63) is 94.5 Å². The molecule has 3 amide bonds. The van der Waals surface area contributed by atoms with Gasteiger partial charge in [0.25, 0.3) is 5.91 Å². The monoisotopic (exact) mass is 734 g/mol. The van der Waals surface area contributed by atoms with Crippen molar-refractivity contribution in [2.75, 3.05) is 13.1 Å². The van der Waals surface area contributed by atoms with E-state index in [4.69, 9.17) is 16.3 Å². The first-order chi connectivity index (χ1) is 23.2. The minimum Gasteiger partial charge on any atom is -0.460 e. The summed E-state index contributed by atoms with van der Waals surface area (Å²) in [6.07, 6.45) is -8.66. The lowest BCUT2D eigenvalue weighted by Crippen LogP contribution is -2.55. The maximum atomic E-state index is 15.0. The molecule has 0 aliphatic heterocycles. The zero-order chi connectivity index (χ0) is 37.3. The van der Waals surface area contributed by atoms with Crippen molar-refractivity contribution in [2.45, 2.75) is 69.6 Å². The van der Waals surface area contributed by atoms with Crippen LogP contribution in [0.25, 0.3) is 0 Å². The molecule has 50 heavy (non-hydrogen) atoms. The van der Waals surface area contributed by atoms with Gasteiger partial charge in [-0.2, -0.15) is 26.3 Å². The molecule has 2 aromatic carbocycles. The normalized spacial score (nSPS) is 13.3. The molecule has 1 atom stereocenters. The van der Waals surface area contributed by atoms with E-state index in [0.29, 0.717) is 11.6 Å². The molecule has 0 saturated heterocycles. The van der Waals surface area contributed by atoms with Crippen molar-refractivity contribution >= 4 is 29.5 Å². The van der Waals surface area contributed by atoms with Gasteiger partial charge in [0.05, 0.1) is 17.3 Å². The summed E-state index contributed by atoms with van der Waals surface area (Å²) in [6.45, 7) is 3.10. The number of nitrogens with one attached hydrogen (secondary N) is 3. The van der Waals surface area contributed by atoms with Crippen LogP contribution in [0.5, 0.6) is 5.75 Å². The van der Waals surface area contributed by atoms with Gasteiger partial charge in [-0.3, -0.25) is 14.6 Å². The third-order valence-electron chi connectivity index (χ3n) is 6.74. The minimum absolute atomic E-state index is 0.0106. The highest BCUT2D eigenvalue weighted by Crippen LogP contribution is 2.37. The number of urea groups is 1. The summed E-state index contributed by atoms with van der Waals surface area (Å²) < 4.78 is 107. The number of ether oxygens (including phenoxy) is 2. The third-order valence-corrected chi connectivity index (χ3v) is 6.97. The van der Waals surface area contributed by atoms with E-state index in [2.05, 4.69) is 15.0 Å². The molecule has 17 heteroatoms. The van der Waals surface area contributed by atoms with E-state index in [0.717, 1.165) is 18.3 Å². The van der Waals surface area contributed by atoms with Gasteiger partial charge in [0.15, 0.2) is 0 Å². The molecule has 272 valence electrons. The Morgan fingerprint density at radius 2 is 1.62 bits per heavy atom. The SMILES string of the molecule is CC(C)(C)OC(=O)CCCNC(=O)C(F)(F)CNC(=O)N[C@@](Cc1ccccc1)(c1cc(F)cc(OC(F)(F)C(F)F)c1)c1ccc(Cl)cn1. The molecule has 3 N–H and O–H groups in total. The van der Waals surface area contributed by atoms with Crippen LogP contribution in [-0.4, -0.2) is 60.0 Å². The first kappa shape index (κ1) is 39.8. The molecule has 0 aliphatic carbocycles. The fourth-order valence-electron chi connectivity index (χ4n) is 4.59. The van der Waals surface area contributed by atoms with Gasteiger partial charge in [0.2, 0.25) is 0 Å². The van der Waals surface area contributed by atoms with E-state index >= 15 is 0 Å². The second-order valence-corrected chi connectivity index (χ2v) is 12.5. The van der Waals surface area contributed by atoms with Crippen LogP contribution in [0.15, 0.2) is 66.9 Å². The summed E-state index contributed by atoms with van der Waals surface area (Å²) in [4.78, 5) is 41.6. The second-order valence-electron chi connectivity index (χ2n) is 12.0. The van der Waals surface area contributed by atoms with Gasteiger partial charge in [-0.15, -0.1) is 0 Å². The van der Waals surface area contributed by atoms with E-state index < -0.39 is 65.6 Å². The highest BCUT2D eigenvalue weighted by Gasteiger charge is 2.45. The number of pyridine rings is 1. The Morgan fingerprint density at radius 1 is 0.940 bits per heavy atom. The Bertz CT molecular complexity index is 1630. The lowest BCUT2D eigenvalue weighted by Gasteiger charge is -2.36. The highest BCUT2D eigenvalue weighted by atomic mass is 35.5. The molecule has 1 heterocycles. The summed E-state index contributed by atoms with van der Waals surface area (Å²) in [5.74, 6) is -8.81. The summed E-state index contributed by atoms with van der Waals surface area (Å²) in [5, 5.41) is 6.41. The number of alkyl halides is 6. The number of nitrogens with zero attached hydrogens (tertiary/aromatic N) is 1. The predicted octanol–water partition coefficient (Wildman–Crippen LogP) is 6.77. The summed E-state index contributed by atoms with van der Waals surface area (Å²) >= 11 is 6.00. The quantitative estimate of drug-likeness (QED) is 0.0902. The highest BCUT2D eigenvalue weighted by molar-refractivity contribution is 6.30. The van der Waals surface area contributed by atoms with Crippen LogP contribution in [0.2, 0.25) is 5.02 Å². The van der Waals surface area contributed by atoms with Crippen LogP contribution >= 0.6 is 11.6 Å². The molecule has 9 nitrogen and oxygen atoms in total. The van der Waals surface area contributed by atoms with Crippen molar-refractivity contribution in [2.24, 2.45) is 0 Å². The van der Waals surface area contributed by atoms with Gasteiger partial charge in [0.1, 0.15) is 22.7 Å². The number of carbonyl (C=O) groups is 3. The molecule has 0 spiro atoms. The number of aromatic nitrogens is 1. The number of hydrogen-bond donors (Lipinski definition) is 3. The van der Waals surface area contributed by atoms with Crippen molar-refractivity contribution < 1.29 is 54.6 Å². The Hall–Kier alpha value is -4.60. The van der Waals surface area contributed by atoms with Crippen LogP contribution in [-0.2, 0) is 26.3 Å². The van der Waals surface area contributed by atoms with Gasteiger partial charge in [0, 0.05) is 31.6 Å². The van der Waals surface area contributed by atoms with Gasteiger partial charge in [-0.1, -0.05) is 41.9 Å². The second kappa shape index (κ2) is 16.4. The lowest BCUT2D eigenvalue weighted by molar-refractivity contribution is -0.253. The van der Waals surface area contributed by atoms with Gasteiger partial charge < -0.3 is 25.4 Å². The minimum atomic E-state index is -5.03. The van der Waals surface area contributed by atoms with Gasteiger partial charge in [-0.25, -0.2) is 9.18 Å². The molecule has 0 aliphatic rings. The molecule has 3 rings (SSSR count). The fraction of sp³-hybridized carbons (Fsp3) is 0.394. The number of benzene rings is 2. The average Bonchev–Trinajstić information content (AvgIpc) is 3.01. The van der Waals surface area contributed by atoms with Crippen molar-refractivity contribution in [3.63, 3.8) is 0 Å². The molecule has 1 aromatic heterocycles. The zero-order valence-corrected chi connectivity index (χ0v) is 27.7.